The van der Waals surface area contributed by atoms with Crippen LogP contribution in [0.3, 0.4) is 0 Å². The van der Waals surface area contributed by atoms with Crippen LogP contribution in [0.1, 0.15) is 24.0 Å². The summed E-state index contributed by atoms with van der Waals surface area (Å²) < 4.78 is 5.70. The van der Waals surface area contributed by atoms with Gasteiger partial charge in [-0.15, -0.1) is 0 Å². The van der Waals surface area contributed by atoms with Crippen LogP contribution < -0.4 is 4.52 Å². The molecule has 1 unspecified atom stereocenters. The van der Waals surface area contributed by atoms with Gasteiger partial charge in [-0.25, -0.2) is 0 Å². The van der Waals surface area contributed by atoms with Crippen molar-refractivity contribution in [3.05, 3.63) is 53.6 Å². The number of hydrogen-bond acceptors (Lipinski definition) is 2. The molecular formula is C18H21Br2O2P. The number of rotatable bonds is 9. The molecule has 5 heteroatoms. The number of halogens is 2. The minimum atomic E-state index is -0.544. The van der Waals surface area contributed by atoms with Gasteiger partial charge in [-0.05, 0) is 42.4 Å². The van der Waals surface area contributed by atoms with Crippen LogP contribution in [-0.4, -0.2) is 15.6 Å². The summed E-state index contributed by atoms with van der Waals surface area (Å²) in [6.07, 6.45) is 4.10. The summed E-state index contributed by atoms with van der Waals surface area (Å²) in [7, 11) is -0.544. The molecule has 0 saturated carbocycles. The Morgan fingerprint density at radius 3 is 2.26 bits per heavy atom. The maximum absolute atomic E-state index is 9.40. The highest BCUT2D eigenvalue weighted by Crippen LogP contribution is 2.39. The van der Waals surface area contributed by atoms with Crippen LogP contribution in [0, 0.1) is 0 Å². The van der Waals surface area contributed by atoms with Gasteiger partial charge in [0.15, 0.2) is 0 Å². The van der Waals surface area contributed by atoms with Gasteiger partial charge in [0.2, 0.25) is 9.03 Å². The first-order valence-corrected chi connectivity index (χ1v) is 10.8. The molecule has 23 heavy (non-hydrogen) atoms. The van der Waals surface area contributed by atoms with Gasteiger partial charge in [-0.3, -0.25) is 0 Å². The van der Waals surface area contributed by atoms with Crippen molar-refractivity contribution in [1.82, 2.24) is 0 Å². The van der Waals surface area contributed by atoms with Gasteiger partial charge in [0.05, 0.1) is 0 Å². The SMILES string of the molecule is OPOc1c(-c2ccccc2)ccc(CCCBr)c1CCCBr. The largest absolute Gasteiger partial charge is 0.449 e. The van der Waals surface area contributed by atoms with Gasteiger partial charge < -0.3 is 9.42 Å². The number of alkyl halides is 2. The molecule has 0 aromatic heterocycles. The standard InChI is InChI=1S/C18H21Br2O2P/c19-12-4-8-15-10-11-17(14-6-2-1-3-7-14)18(22-23-21)16(15)9-5-13-20/h1-3,6-7,10-11,21,23H,4-5,8-9,12-13H2. The Labute approximate surface area is 156 Å². The van der Waals surface area contributed by atoms with Crippen LogP contribution in [0.15, 0.2) is 42.5 Å². The fourth-order valence-electron chi connectivity index (χ4n) is 2.69. The van der Waals surface area contributed by atoms with E-state index in [2.05, 4.69) is 56.1 Å². The van der Waals surface area contributed by atoms with E-state index in [1.807, 2.05) is 18.2 Å². The molecule has 1 N–H and O–H groups in total. The Kier molecular flexibility index (Phi) is 8.60. The Balaban J connectivity index is 2.50. The zero-order chi connectivity index (χ0) is 16.5. The summed E-state index contributed by atoms with van der Waals surface area (Å²) in [5.41, 5.74) is 4.72. The average molecular weight is 460 g/mol. The van der Waals surface area contributed by atoms with Crippen LogP contribution in [0.25, 0.3) is 11.1 Å². The molecule has 0 heterocycles. The second-order valence-electron chi connectivity index (χ2n) is 5.22. The van der Waals surface area contributed by atoms with Crippen molar-refractivity contribution in [2.75, 3.05) is 10.7 Å². The fraction of sp³-hybridized carbons (Fsp3) is 0.333. The summed E-state index contributed by atoms with van der Waals surface area (Å²) in [5.74, 6) is 0.838. The van der Waals surface area contributed by atoms with Crippen molar-refractivity contribution in [3.63, 3.8) is 0 Å². The third kappa shape index (κ3) is 5.29. The summed E-state index contributed by atoms with van der Waals surface area (Å²) in [6.45, 7) is 0. The monoisotopic (exact) mass is 458 g/mol. The average Bonchev–Trinajstić information content (AvgIpc) is 2.60. The maximum atomic E-state index is 9.40. The molecule has 0 spiro atoms. The van der Waals surface area contributed by atoms with Gasteiger partial charge >= 0.3 is 0 Å². The molecule has 2 aromatic carbocycles. The van der Waals surface area contributed by atoms with Gasteiger partial charge in [0.25, 0.3) is 0 Å². The third-order valence-electron chi connectivity index (χ3n) is 3.73. The van der Waals surface area contributed by atoms with E-state index in [1.165, 1.54) is 11.1 Å². The van der Waals surface area contributed by atoms with E-state index < -0.39 is 9.03 Å². The molecule has 0 aliphatic rings. The zero-order valence-electron chi connectivity index (χ0n) is 12.9. The summed E-state index contributed by atoms with van der Waals surface area (Å²) in [4.78, 5) is 9.40. The minimum Gasteiger partial charge on any atom is -0.449 e. The first-order valence-electron chi connectivity index (χ1n) is 7.69. The second kappa shape index (κ2) is 10.5. The quantitative estimate of drug-likeness (QED) is 0.374. The van der Waals surface area contributed by atoms with Gasteiger partial charge in [0, 0.05) is 16.2 Å². The Morgan fingerprint density at radius 1 is 0.913 bits per heavy atom. The molecule has 1 atom stereocenters. The lowest BCUT2D eigenvalue weighted by molar-refractivity contribution is 0.510. The summed E-state index contributed by atoms with van der Waals surface area (Å²) in [6, 6.07) is 14.5. The van der Waals surface area contributed by atoms with E-state index in [-0.39, 0.29) is 0 Å². The van der Waals surface area contributed by atoms with Crippen LogP contribution in [0.5, 0.6) is 5.75 Å². The van der Waals surface area contributed by atoms with Gasteiger partial charge in [-0.1, -0.05) is 74.3 Å². The molecule has 0 radical (unpaired) electrons. The third-order valence-corrected chi connectivity index (χ3v) is 5.15. The smallest absolute Gasteiger partial charge is 0.212 e. The lowest BCUT2D eigenvalue weighted by Gasteiger charge is -2.18. The summed E-state index contributed by atoms with van der Waals surface area (Å²) in [5, 5.41) is 1.95. The molecular weight excluding hydrogens is 439 g/mol. The highest BCUT2D eigenvalue weighted by molar-refractivity contribution is 9.09. The number of aryl methyl sites for hydroxylation is 1. The second-order valence-corrected chi connectivity index (χ2v) is 7.20. The van der Waals surface area contributed by atoms with E-state index in [0.717, 1.165) is 53.2 Å². The first kappa shape index (κ1) is 18.9. The lowest BCUT2D eigenvalue weighted by Crippen LogP contribution is -2.01. The molecule has 0 bridgehead atoms. The molecule has 0 saturated heterocycles. The summed E-state index contributed by atoms with van der Waals surface area (Å²) >= 11 is 7.02. The van der Waals surface area contributed by atoms with E-state index in [4.69, 9.17) is 4.52 Å². The Morgan fingerprint density at radius 2 is 1.61 bits per heavy atom. The molecule has 2 aromatic rings. The Hall–Kier alpha value is -0.410. The van der Waals surface area contributed by atoms with E-state index >= 15 is 0 Å². The molecule has 0 aliphatic carbocycles. The first-order chi connectivity index (χ1) is 11.3. The molecule has 0 aliphatic heterocycles. The minimum absolute atomic E-state index is 0.544. The van der Waals surface area contributed by atoms with Crippen LogP contribution >= 0.6 is 40.9 Å². The fourth-order valence-corrected chi connectivity index (χ4v) is 3.57. The highest BCUT2D eigenvalue weighted by Gasteiger charge is 2.16. The highest BCUT2D eigenvalue weighted by atomic mass is 79.9. The molecule has 0 amide bonds. The molecule has 124 valence electrons. The van der Waals surface area contributed by atoms with Crippen molar-refractivity contribution in [3.8, 4) is 16.9 Å². The van der Waals surface area contributed by atoms with E-state index in [0.29, 0.717) is 0 Å². The van der Waals surface area contributed by atoms with Crippen molar-refractivity contribution < 1.29 is 9.42 Å². The number of benzene rings is 2. The predicted molar refractivity (Wildman–Crippen MR) is 107 cm³/mol. The molecule has 0 fully saturated rings. The van der Waals surface area contributed by atoms with Crippen molar-refractivity contribution in [1.29, 1.82) is 0 Å². The Bertz CT molecular complexity index is 605. The van der Waals surface area contributed by atoms with Crippen LogP contribution in [0.2, 0.25) is 0 Å². The van der Waals surface area contributed by atoms with Crippen molar-refractivity contribution >= 4 is 40.9 Å². The molecule has 2 rings (SSSR count). The van der Waals surface area contributed by atoms with Gasteiger partial charge in [0.1, 0.15) is 5.75 Å². The van der Waals surface area contributed by atoms with E-state index in [1.54, 1.807) is 0 Å². The molecule has 2 nitrogen and oxygen atoms in total. The van der Waals surface area contributed by atoms with E-state index in [9.17, 15) is 4.89 Å². The predicted octanol–water partition coefficient (Wildman–Crippen LogP) is 5.89. The van der Waals surface area contributed by atoms with Crippen LogP contribution in [0.4, 0.5) is 0 Å². The van der Waals surface area contributed by atoms with Crippen LogP contribution in [-0.2, 0) is 12.8 Å². The van der Waals surface area contributed by atoms with Crippen molar-refractivity contribution in [2.45, 2.75) is 25.7 Å². The van der Waals surface area contributed by atoms with Crippen molar-refractivity contribution in [2.24, 2.45) is 0 Å². The lowest BCUT2D eigenvalue weighted by atomic mass is 9.93. The zero-order valence-corrected chi connectivity index (χ0v) is 17.1. The topological polar surface area (TPSA) is 29.5 Å². The van der Waals surface area contributed by atoms with Gasteiger partial charge in [-0.2, -0.15) is 0 Å². The normalized spacial score (nSPS) is 11.3. The number of hydrogen-bond donors (Lipinski definition) is 1. The maximum Gasteiger partial charge on any atom is 0.212 e.